The fourth-order valence-corrected chi connectivity index (χ4v) is 2.79. The van der Waals surface area contributed by atoms with Crippen LogP contribution in [0.25, 0.3) is 0 Å². The normalized spacial score (nSPS) is 18.1. The molecule has 2 heterocycles. The maximum absolute atomic E-state index is 12.4. The molecular weight excluding hydrogens is 256 g/mol. The molecule has 20 heavy (non-hydrogen) atoms. The highest BCUT2D eigenvalue weighted by atomic mass is 16.5. The maximum Gasteiger partial charge on any atom is 0.254 e. The van der Waals surface area contributed by atoms with Crippen LogP contribution >= 0.6 is 0 Å². The molecule has 0 radical (unpaired) electrons. The molecule has 3 rings (SSSR count). The van der Waals surface area contributed by atoms with E-state index in [9.17, 15) is 9.59 Å². The molecule has 1 saturated heterocycles. The van der Waals surface area contributed by atoms with Gasteiger partial charge in [-0.25, -0.2) is 0 Å². The smallest absolute Gasteiger partial charge is 0.254 e. The van der Waals surface area contributed by atoms with Crippen molar-refractivity contribution in [3.8, 4) is 0 Å². The van der Waals surface area contributed by atoms with Crippen molar-refractivity contribution in [3.05, 3.63) is 29.3 Å². The van der Waals surface area contributed by atoms with Gasteiger partial charge in [-0.15, -0.1) is 0 Å². The van der Waals surface area contributed by atoms with Crippen LogP contribution in [-0.2, 0) is 16.0 Å². The molecule has 0 spiro atoms. The van der Waals surface area contributed by atoms with Crippen molar-refractivity contribution in [2.24, 2.45) is 0 Å². The Balaban J connectivity index is 1.86. The first-order valence-electron chi connectivity index (χ1n) is 6.95. The lowest BCUT2D eigenvalue weighted by Gasteiger charge is -2.27. The summed E-state index contributed by atoms with van der Waals surface area (Å²) >= 11 is 0. The number of hydrogen-bond donors (Lipinski definition) is 0. The van der Waals surface area contributed by atoms with Crippen molar-refractivity contribution >= 4 is 17.5 Å². The summed E-state index contributed by atoms with van der Waals surface area (Å²) in [5.41, 5.74) is 2.68. The second-order valence-corrected chi connectivity index (χ2v) is 5.17. The van der Waals surface area contributed by atoms with E-state index in [2.05, 4.69) is 0 Å². The number of benzene rings is 1. The maximum atomic E-state index is 12.4. The number of ether oxygens (including phenoxy) is 1. The van der Waals surface area contributed by atoms with E-state index in [1.165, 1.54) is 0 Å². The molecule has 0 atom stereocenters. The topological polar surface area (TPSA) is 49.9 Å². The number of amides is 2. The van der Waals surface area contributed by atoms with Crippen molar-refractivity contribution in [2.45, 2.75) is 13.3 Å². The zero-order chi connectivity index (χ0) is 14.1. The van der Waals surface area contributed by atoms with Crippen LogP contribution in [0.3, 0.4) is 0 Å². The molecule has 0 bridgehead atoms. The average molecular weight is 274 g/mol. The van der Waals surface area contributed by atoms with E-state index in [0.717, 1.165) is 17.7 Å². The molecule has 106 valence electrons. The Bertz CT molecular complexity index is 550. The van der Waals surface area contributed by atoms with E-state index in [0.29, 0.717) is 38.4 Å². The fourth-order valence-electron chi connectivity index (χ4n) is 2.79. The lowest BCUT2D eigenvalue weighted by atomic mass is 10.1. The van der Waals surface area contributed by atoms with Crippen molar-refractivity contribution < 1.29 is 14.3 Å². The molecule has 1 aromatic rings. The highest BCUT2D eigenvalue weighted by Gasteiger charge is 2.25. The number of carbonyl (C=O) groups is 2. The predicted molar refractivity (Wildman–Crippen MR) is 74.9 cm³/mol. The summed E-state index contributed by atoms with van der Waals surface area (Å²) in [6, 6.07) is 5.67. The molecular formula is C15H18N2O3. The first kappa shape index (κ1) is 13.1. The van der Waals surface area contributed by atoms with Crippen molar-refractivity contribution in [1.82, 2.24) is 4.90 Å². The van der Waals surface area contributed by atoms with Gasteiger partial charge in [-0.3, -0.25) is 9.59 Å². The van der Waals surface area contributed by atoms with Crippen LogP contribution in [0.5, 0.6) is 0 Å². The second kappa shape index (κ2) is 5.25. The quantitative estimate of drug-likeness (QED) is 0.769. The highest BCUT2D eigenvalue weighted by molar-refractivity contribution is 5.99. The van der Waals surface area contributed by atoms with E-state index in [1.54, 1.807) is 16.7 Å². The lowest BCUT2D eigenvalue weighted by Crippen LogP contribution is -2.40. The first-order valence-corrected chi connectivity index (χ1v) is 6.95. The standard InChI is InChI=1S/C15H18N2O3/c1-11(18)17-5-4-12-2-3-13(10-14(12)17)15(19)16-6-8-20-9-7-16/h2-3,10H,4-9H2,1H3. The molecule has 1 fully saturated rings. The molecule has 2 aliphatic rings. The third kappa shape index (κ3) is 2.29. The van der Waals surface area contributed by atoms with Gasteiger partial charge in [0.25, 0.3) is 5.91 Å². The van der Waals surface area contributed by atoms with Crippen LogP contribution in [0.4, 0.5) is 5.69 Å². The largest absolute Gasteiger partial charge is 0.378 e. The zero-order valence-electron chi connectivity index (χ0n) is 11.6. The van der Waals surface area contributed by atoms with Gasteiger partial charge in [-0.2, -0.15) is 0 Å². The molecule has 2 aliphatic heterocycles. The number of rotatable bonds is 1. The van der Waals surface area contributed by atoms with Gasteiger partial charge >= 0.3 is 0 Å². The van der Waals surface area contributed by atoms with Gasteiger partial charge in [0.1, 0.15) is 0 Å². The van der Waals surface area contributed by atoms with Gasteiger partial charge in [0, 0.05) is 37.8 Å². The second-order valence-electron chi connectivity index (χ2n) is 5.17. The van der Waals surface area contributed by atoms with Crippen molar-refractivity contribution in [3.63, 3.8) is 0 Å². The Morgan fingerprint density at radius 2 is 1.90 bits per heavy atom. The van der Waals surface area contributed by atoms with Crippen molar-refractivity contribution in [2.75, 3.05) is 37.7 Å². The molecule has 0 unspecified atom stereocenters. The third-order valence-electron chi connectivity index (χ3n) is 3.91. The number of fused-ring (bicyclic) bond motifs is 1. The van der Waals surface area contributed by atoms with Crippen LogP contribution < -0.4 is 4.90 Å². The van der Waals surface area contributed by atoms with E-state index in [4.69, 9.17) is 4.74 Å². The minimum atomic E-state index is 0.0199. The summed E-state index contributed by atoms with van der Waals surface area (Å²) in [4.78, 5) is 27.6. The number of morpholine rings is 1. The summed E-state index contributed by atoms with van der Waals surface area (Å²) < 4.78 is 5.26. The highest BCUT2D eigenvalue weighted by Crippen LogP contribution is 2.29. The number of carbonyl (C=O) groups excluding carboxylic acids is 2. The third-order valence-corrected chi connectivity index (χ3v) is 3.91. The molecule has 0 saturated carbocycles. The van der Waals surface area contributed by atoms with Crippen molar-refractivity contribution in [1.29, 1.82) is 0 Å². The van der Waals surface area contributed by atoms with E-state index < -0.39 is 0 Å². The van der Waals surface area contributed by atoms with Gasteiger partial charge in [-0.1, -0.05) is 6.07 Å². The molecule has 5 heteroatoms. The monoisotopic (exact) mass is 274 g/mol. The summed E-state index contributed by atoms with van der Waals surface area (Å²) in [6.45, 7) is 4.72. The first-order chi connectivity index (χ1) is 9.66. The van der Waals surface area contributed by atoms with Gasteiger partial charge in [-0.05, 0) is 24.1 Å². The lowest BCUT2D eigenvalue weighted by molar-refractivity contribution is -0.116. The number of nitrogens with zero attached hydrogens (tertiary/aromatic N) is 2. The Labute approximate surface area is 118 Å². The summed E-state index contributed by atoms with van der Waals surface area (Å²) in [5, 5.41) is 0. The van der Waals surface area contributed by atoms with Crippen LogP contribution in [0.2, 0.25) is 0 Å². The van der Waals surface area contributed by atoms with Crippen LogP contribution in [0.1, 0.15) is 22.8 Å². The van der Waals surface area contributed by atoms with E-state index >= 15 is 0 Å². The van der Waals surface area contributed by atoms with Gasteiger partial charge in [0.05, 0.1) is 13.2 Å². The Morgan fingerprint density at radius 1 is 1.15 bits per heavy atom. The molecule has 0 N–H and O–H groups in total. The number of hydrogen-bond acceptors (Lipinski definition) is 3. The van der Waals surface area contributed by atoms with Crippen LogP contribution in [-0.4, -0.2) is 49.6 Å². The van der Waals surface area contributed by atoms with E-state index in [-0.39, 0.29) is 11.8 Å². The summed E-state index contributed by atoms with van der Waals surface area (Å²) in [5.74, 6) is 0.0474. The zero-order valence-corrected chi connectivity index (χ0v) is 11.6. The molecule has 1 aromatic carbocycles. The summed E-state index contributed by atoms with van der Waals surface area (Å²) in [6.07, 6.45) is 0.862. The minimum absolute atomic E-state index is 0.0199. The predicted octanol–water partition coefficient (Wildman–Crippen LogP) is 1.07. The Hall–Kier alpha value is -1.88. The van der Waals surface area contributed by atoms with Gasteiger partial charge in [0.2, 0.25) is 5.91 Å². The van der Waals surface area contributed by atoms with Gasteiger partial charge < -0.3 is 14.5 Å². The molecule has 0 aliphatic carbocycles. The van der Waals surface area contributed by atoms with Crippen LogP contribution in [0, 0.1) is 0 Å². The Morgan fingerprint density at radius 3 is 2.60 bits per heavy atom. The number of anilines is 1. The fraction of sp³-hybridized carbons (Fsp3) is 0.467. The molecule has 2 amide bonds. The van der Waals surface area contributed by atoms with E-state index in [1.807, 2.05) is 18.2 Å². The van der Waals surface area contributed by atoms with Crippen LogP contribution in [0.15, 0.2) is 18.2 Å². The average Bonchev–Trinajstić information content (AvgIpc) is 2.90. The summed E-state index contributed by atoms with van der Waals surface area (Å²) in [7, 11) is 0. The SMILES string of the molecule is CC(=O)N1CCc2ccc(C(=O)N3CCOCC3)cc21. The molecule has 5 nitrogen and oxygen atoms in total. The van der Waals surface area contributed by atoms with Gasteiger partial charge in [0.15, 0.2) is 0 Å². The molecule has 0 aromatic heterocycles. The minimum Gasteiger partial charge on any atom is -0.378 e. The Kier molecular flexibility index (Phi) is 3.44.